The number of rotatable bonds is 3. The van der Waals surface area contributed by atoms with Crippen LogP contribution in [-0.4, -0.2) is 16.1 Å². The minimum absolute atomic E-state index is 0.616. The van der Waals surface area contributed by atoms with Gasteiger partial charge in [0.25, 0.3) is 0 Å². The van der Waals surface area contributed by atoms with Gasteiger partial charge in [0.2, 0.25) is 0 Å². The Bertz CT molecular complexity index is 531. The van der Waals surface area contributed by atoms with Crippen molar-refractivity contribution in [2.24, 2.45) is 12.8 Å². The quantitative estimate of drug-likeness (QED) is 0.945. The molecule has 0 aliphatic carbocycles. The van der Waals surface area contributed by atoms with Crippen molar-refractivity contribution in [3.05, 3.63) is 40.3 Å². The maximum atomic E-state index is 5.58. The minimum atomic E-state index is 0.616. The Balaban J connectivity index is 2.49. The lowest BCUT2D eigenvalue weighted by molar-refractivity contribution is 0.767. The van der Waals surface area contributed by atoms with Crippen LogP contribution in [0.4, 0.5) is 0 Å². The number of nitrogens with zero attached hydrogens (tertiary/aromatic N) is 2. The Morgan fingerprint density at radius 2 is 2.18 bits per heavy atom. The first-order chi connectivity index (χ1) is 8.13. The van der Waals surface area contributed by atoms with E-state index < -0.39 is 0 Å². The molecule has 0 unspecified atom stereocenters. The molecule has 17 heavy (non-hydrogen) atoms. The molecule has 1 aromatic heterocycles. The van der Waals surface area contributed by atoms with Gasteiger partial charge in [0.15, 0.2) is 0 Å². The molecule has 0 saturated heterocycles. The Hall–Kier alpha value is -1.13. The fourth-order valence-corrected chi connectivity index (χ4v) is 2.37. The highest BCUT2D eigenvalue weighted by Crippen LogP contribution is 2.28. The van der Waals surface area contributed by atoms with Crippen molar-refractivity contribution < 1.29 is 0 Å². The first kappa shape index (κ1) is 12.3. The Morgan fingerprint density at radius 1 is 1.41 bits per heavy atom. The summed E-state index contributed by atoms with van der Waals surface area (Å²) in [5.74, 6) is 1.01. The van der Waals surface area contributed by atoms with Gasteiger partial charge in [-0.3, -0.25) is 0 Å². The fraction of sp³-hybridized carbons (Fsp3) is 0.308. The predicted molar refractivity (Wildman–Crippen MR) is 73.8 cm³/mol. The molecule has 0 aliphatic heterocycles. The van der Waals surface area contributed by atoms with Gasteiger partial charge in [0.05, 0.1) is 0 Å². The van der Waals surface area contributed by atoms with Crippen LogP contribution in [0.5, 0.6) is 0 Å². The minimum Gasteiger partial charge on any atom is -0.330 e. The zero-order valence-corrected chi connectivity index (χ0v) is 11.7. The van der Waals surface area contributed by atoms with Crippen LogP contribution >= 0.6 is 15.9 Å². The Morgan fingerprint density at radius 3 is 2.82 bits per heavy atom. The van der Waals surface area contributed by atoms with Gasteiger partial charge in [-0.2, -0.15) is 0 Å². The molecule has 2 aromatic rings. The molecule has 1 aromatic carbocycles. The first-order valence-corrected chi connectivity index (χ1v) is 6.41. The molecule has 0 saturated carbocycles. The summed E-state index contributed by atoms with van der Waals surface area (Å²) in [6.45, 7) is 2.70. The Labute approximate surface area is 110 Å². The molecular formula is C13H16BrN3. The standard InChI is InChI=1S/C13H16BrN3/c1-9-4-3-5-10(8-9)12-13(14)17(2)11(16-12)6-7-15/h3-5,8H,6-7,15H2,1-2H3. The zero-order chi connectivity index (χ0) is 12.4. The topological polar surface area (TPSA) is 43.8 Å². The van der Waals surface area contributed by atoms with Crippen molar-refractivity contribution in [3.8, 4) is 11.3 Å². The number of aryl methyl sites for hydroxylation is 1. The smallest absolute Gasteiger partial charge is 0.112 e. The van der Waals surface area contributed by atoms with Crippen LogP contribution in [0.25, 0.3) is 11.3 Å². The summed E-state index contributed by atoms with van der Waals surface area (Å²) in [5, 5.41) is 0. The van der Waals surface area contributed by atoms with Crippen LogP contribution in [0.2, 0.25) is 0 Å². The molecule has 2 rings (SSSR count). The summed E-state index contributed by atoms with van der Waals surface area (Å²) in [6, 6.07) is 8.35. The van der Waals surface area contributed by atoms with E-state index in [2.05, 4.69) is 46.0 Å². The lowest BCUT2D eigenvalue weighted by atomic mass is 10.1. The third-order valence-electron chi connectivity index (χ3n) is 2.78. The van der Waals surface area contributed by atoms with E-state index in [4.69, 9.17) is 5.73 Å². The van der Waals surface area contributed by atoms with E-state index in [9.17, 15) is 0 Å². The number of nitrogens with two attached hydrogens (primary N) is 1. The van der Waals surface area contributed by atoms with Crippen molar-refractivity contribution in [3.63, 3.8) is 0 Å². The van der Waals surface area contributed by atoms with Gasteiger partial charge < -0.3 is 10.3 Å². The molecule has 4 heteroatoms. The van der Waals surface area contributed by atoms with Gasteiger partial charge >= 0.3 is 0 Å². The second kappa shape index (κ2) is 5.02. The van der Waals surface area contributed by atoms with Crippen molar-refractivity contribution in [1.82, 2.24) is 9.55 Å². The van der Waals surface area contributed by atoms with Gasteiger partial charge in [-0.15, -0.1) is 0 Å². The van der Waals surface area contributed by atoms with Crippen molar-refractivity contribution >= 4 is 15.9 Å². The molecule has 0 fully saturated rings. The maximum Gasteiger partial charge on any atom is 0.112 e. The molecule has 0 bridgehead atoms. The van der Waals surface area contributed by atoms with Gasteiger partial charge in [-0.1, -0.05) is 23.8 Å². The molecule has 0 atom stereocenters. The highest BCUT2D eigenvalue weighted by atomic mass is 79.9. The number of halogens is 1. The molecular weight excluding hydrogens is 278 g/mol. The summed E-state index contributed by atoms with van der Waals surface area (Å²) < 4.78 is 3.05. The van der Waals surface area contributed by atoms with E-state index in [-0.39, 0.29) is 0 Å². The molecule has 2 N–H and O–H groups in total. The van der Waals surface area contributed by atoms with E-state index in [1.54, 1.807) is 0 Å². The SMILES string of the molecule is Cc1cccc(-c2nc(CCN)n(C)c2Br)c1. The van der Waals surface area contributed by atoms with Crippen molar-refractivity contribution in [2.75, 3.05) is 6.54 Å². The van der Waals surface area contributed by atoms with Gasteiger partial charge in [-0.05, 0) is 35.5 Å². The lowest BCUT2D eigenvalue weighted by Crippen LogP contribution is -2.07. The highest BCUT2D eigenvalue weighted by molar-refractivity contribution is 9.10. The molecule has 0 spiro atoms. The number of hydrogen-bond acceptors (Lipinski definition) is 2. The van der Waals surface area contributed by atoms with Crippen molar-refractivity contribution in [2.45, 2.75) is 13.3 Å². The van der Waals surface area contributed by atoms with E-state index in [1.165, 1.54) is 5.56 Å². The molecule has 0 radical (unpaired) electrons. The Kier molecular flexibility index (Phi) is 3.64. The zero-order valence-electron chi connectivity index (χ0n) is 10.1. The van der Waals surface area contributed by atoms with Gasteiger partial charge in [0.1, 0.15) is 16.1 Å². The third kappa shape index (κ3) is 2.42. The lowest BCUT2D eigenvalue weighted by Gasteiger charge is -2.00. The van der Waals surface area contributed by atoms with Crippen LogP contribution in [0, 0.1) is 6.92 Å². The average molecular weight is 294 g/mol. The van der Waals surface area contributed by atoms with Crippen LogP contribution < -0.4 is 5.73 Å². The fourth-order valence-electron chi connectivity index (χ4n) is 1.85. The van der Waals surface area contributed by atoms with Crippen LogP contribution in [-0.2, 0) is 13.5 Å². The second-order valence-electron chi connectivity index (χ2n) is 4.13. The molecule has 90 valence electrons. The summed E-state index contributed by atoms with van der Waals surface area (Å²) >= 11 is 3.59. The number of hydrogen-bond donors (Lipinski definition) is 1. The molecule has 1 heterocycles. The normalized spacial score (nSPS) is 10.8. The van der Waals surface area contributed by atoms with Crippen LogP contribution in [0.3, 0.4) is 0 Å². The van der Waals surface area contributed by atoms with Gasteiger partial charge in [-0.25, -0.2) is 4.98 Å². The number of aromatic nitrogens is 2. The van der Waals surface area contributed by atoms with E-state index in [1.807, 2.05) is 17.7 Å². The predicted octanol–water partition coefficient (Wildman–Crippen LogP) is 2.66. The largest absolute Gasteiger partial charge is 0.330 e. The number of imidazole rings is 1. The van der Waals surface area contributed by atoms with Crippen LogP contribution in [0.1, 0.15) is 11.4 Å². The van der Waals surface area contributed by atoms with Gasteiger partial charge in [0, 0.05) is 19.0 Å². The van der Waals surface area contributed by atoms with E-state index in [0.717, 1.165) is 28.1 Å². The molecule has 0 aliphatic rings. The average Bonchev–Trinajstić information content (AvgIpc) is 2.58. The molecule has 0 amide bonds. The van der Waals surface area contributed by atoms with Crippen molar-refractivity contribution in [1.29, 1.82) is 0 Å². The van der Waals surface area contributed by atoms with Crippen LogP contribution in [0.15, 0.2) is 28.9 Å². The summed E-state index contributed by atoms with van der Waals surface area (Å²) in [7, 11) is 2.00. The summed E-state index contributed by atoms with van der Waals surface area (Å²) in [6.07, 6.45) is 0.793. The monoisotopic (exact) mass is 293 g/mol. The highest BCUT2D eigenvalue weighted by Gasteiger charge is 2.13. The van der Waals surface area contributed by atoms with E-state index in [0.29, 0.717) is 6.54 Å². The summed E-state index contributed by atoms with van der Waals surface area (Å²) in [5.41, 5.74) is 8.94. The number of benzene rings is 1. The molecule has 3 nitrogen and oxygen atoms in total. The maximum absolute atomic E-state index is 5.58. The second-order valence-corrected chi connectivity index (χ2v) is 4.89. The summed E-state index contributed by atoms with van der Waals surface area (Å²) in [4.78, 5) is 4.65. The third-order valence-corrected chi connectivity index (χ3v) is 3.68. The first-order valence-electron chi connectivity index (χ1n) is 5.61. The van der Waals surface area contributed by atoms with E-state index >= 15 is 0 Å².